The Balaban J connectivity index is 1.67. The van der Waals surface area contributed by atoms with Crippen molar-refractivity contribution in [1.82, 2.24) is 4.98 Å². The fourth-order valence-electron chi connectivity index (χ4n) is 3.28. The summed E-state index contributed by atoms with van der Waals surface area (Å²) in [4.78, 5) is 4.61. The van der Waals surface area contributed by atoms with E-state index in [0.29, 0.717) is 12.1 Å². The topological polar surface area (TPSA) is 34.1 Å². The number of hydrogen-bond acceptors (Lipinski definition) is 3. The lowest BCUT2D eigenvalue weighted by Crippen LogP contribution is -2.31. The van der Waals surface area contributed by atoms with Crippen molar-refractivity contribution in [2.24, 2.45) is 5.92 Å². The summed E-state index contributed by atoms with van der Waals surface area (Å²) in [5, 5.41) is 4.94. The van der Waals surface area contributed by atoms with E-state index in [1.165, 1.54) is 23.9 Å². The third-order valence-electron chi connectivity index (χ3n) is 4.41. The molecule has 0 bridgehead atoms. The highest BCUT2D eigenvalue weighted by Gasteiger charge is 2.40. The summed E-state index contributed by atoms with van der Waals surface area (Å²) < 4.78 is 5.93. The van der Waals surface area contributed by atoms with Crippen molar-refractivity contribution in [3.8, 4) is 0 Å². The van der Waals surface area contributed by atoms with Gasteiger partial charge in [-0.2, -0.15) is 0 Å². The molecule has 1 saturated heterocycles. The predicted molar refractivity (Wildman–Crippen MR) is 81.0 cm³/mol. The van der Waals surface area contributed by atoms with Crippen LogP contribution in [0, 0.1) is 12.8 Å². The van der Waals surface area contributed by atoms with Gasteiger partial charge in [0.25, 0.3) is 0 Å². The third-order valence-corrected chi connectivity index (χ3v) is 4.41. The van der Waals surface area contributed by atoms with Gasteiger partial charge in [0.1, 0.15) is 0 Å². The van der Waals surface area contributed by atoms with E-state index < -0.39 is 0 Å². The van der Waals surface area contributed by atoms with Gasteiger partial charge < -0.3 is 10.1 Å². The molecule has 3 nitrogen and oxygen atoms in total. The summed E-state index contributed by atoms with van der Waals surface area (Å²) in [7, 11) is 0. The number of benzene rings is 1. The summed E-state index contributed by atoms with van der Waals surface area (Å²) in [6.07, 6.45) is 4.18. The van der Waals surface area contributed by atoms with Crippen LogP contribution in [0.25, 0.3) is 10.9 Å². The molecule has 2 aromatic rings. The molecule has 2 unspecified atom stereocenters. The zero-order valence-corrected chi connectivity index (χ0v) is 11.8. The molecule has 2 fully saturated rings. The Bertz CT molecular complexity index is 636. The Morgan fingerprint density at radius 3 is 2.90 bits per heavy atom. The lowest BCUT2D eigenvalue weighted by Gasteiger charge is -2.21. The number of aryl methyl sites for hydroxylation is 1. The largest absolute Gasteiger partial charge is 0.379 e. The van der Waals surface area contributed by atoms with E-state index >= 15 is 0 Å². The number of fused-ring (bicyclic) bond motifs is 1. The second kappa shape index (κ2) is 4.74. The lowest BCUT2D eigenvalue weighted by atomic mass is 10.0. The number of ether oxygens (including phenoxy) is 1. The van der Waals surface area contributed by atoms with E-state index in [1.54, 1.807) is 0 Å². The van der Waals surface area contributed by atoms with Gasteiger partial charge in [-0.25, -0.2) is 0 Å². The van der Waals surface area contributed by atoms with Crippen LogP contribution < -0.4 is 5.32 Å². The van der Waals surface area contributed by atoms with E-state index in [-0.39, 0.29) is 0 Å². The number of aromatic nitrogens is 1. The average molecular weight is 268 g/mol. The molecule has 0 radical (unpaired) electrons. The van der Waals surface area contributed by atoms with Gasteiger partial charge in [-0.3, -0.25) is 4.98 Å². The second-order valence-electron chi connectivity index (χ2n) is 6.04. The molecule has 1 aromatic carbocycles. The highest BCUT2D eigenvalue weighted by atomic mass is 16.5. The van der Waals surface area contributed by atoms with E-state index in [2.05, 4.69) is 41.5 Å². The molecular weight excluding hydrogens is 248 g/mol. The smallest absolute Gasteiger partial charge is 0.0804 e. The number of rotatable bonds is 3. The van der Waals surface area contributed by atoms with Gasteiger partial charge in [0.2, 0.25) is 0 Å². The van der Waals surface area contributed by atoms with Crippen LogP contribution in [0.4, 0.5) is 5.69 Å². The van der Waals surface area contributed by atoms with E-state index in [4.69, 9.17) is 4.74 Å². The first-order chi connectivity index (χ1) is 9.81. The monoisotopic (exact) mass is 268 g/mol. The summed E-state index contributed by atoms with van der Waals surface area (Å²) in [6.45, 7) is 2.95. The summed E-state index contributed by atoms with van der Waals surface area (Å²) >= 11 is 0. The fourth-order valence-corrected chi connectivity index (χ4v) is 3.28. The van der Waals surface area contributed by atoms with Gasteiger partial charge in [0.15, 0.2) is 0 Å². The van der Waals surface area contributed by atoms with E-state index in [1.807, 2.05) is 6.07 Å². The molecule has 3 heteroatoms. The molecule has 0 amide bonds. The minimum Gasteiger partial charge on any atom is -0.379 e. The number of nitrogens with one attached hydrogen (secondary N) is 1. The molecule has 0 spiro atoms. The van der Waals surface area contributed by atoms with Gasteiger partial charge in [0.05, 0.1) is 17.7 Å². The molecule has 1 N–H and O–H groups in total. The predicted octanol–water partition coefficient (Wildman–Crippen LogP) is 3.52. The molecule has 1 aliphatic heterocycles. The third kappa shape index (κ3) is 2.16. The summed E-state index contributed by atoms with van der Waals surface area (Å²) in [6, 6.07) is 11.0. The normalized spacial score (nSPS) is 26.1. The minimum absolute atomic E-state index is 0.405. The highest BCUT2D eigenvalue weighted by molar-refractivity contribution is 5.91. The number of para-hydroxylation sites is 1. The first-order valence-corrected chi connectivity index (χ1v) is 7.56. The summed E-state index contributed by atoms with van der Waals surface area (Å²) in [5.41, 5.74) is 3.33. The molecule has 104 valence electrons. The Kier molecular flexibility index (Phi) is 2.88. The van der Waals surface area contributed by atoms with Gasteiger partial charge in [0, 0.05) is 23.4 Å². The van der Waals surface area contributed by atoms with E-state index in [9.17, 15) is 0 Å². The Labute approximate surface area is 119 Å². The molecule has 1 saturated carbocycles. The molecule has 4 rings (SSSR count). The van der Waals surface area contributed by atoms with Crippen LogP contribution in [0.5, 0.6) is 0 Å². The Morgan fingerprint density at radius 2 is 2.05 bits per heavy atom. The zero-order valence-electron chi connectivity index (χ0n) is 11.8. The molecule has 20 heavy (non-hydrogen) atoms. The van der Waals surface area contributed by atoms with Gasteiger partial charge in [-0.1, -0.05) is 18.2 Å². The van der Waals surface area contributed by atoms with Crippen molar-refractivity contribution in [3.63, 3.8) is 0 Å². The maximum Gasteiger partial charge on any atom is 0.0804 e. The van der Waals surface area contributed by atoms with Crippen LogP contribution in [0.15, 0.2) is 30.3 Å². The van der Waals surface area contributed by atoms with Crippen LogP contribution in [-0.2, 0) is 4.74 Å². The Hall–Kier alpha value is -1.61. The van der Waals surface area contributed by atoms with Crippen molar-refractivity contribution in [2.45, 2.75) is 38.3 Å². The number of anilines is 1. The first-order valence-electron chi connectivity index (χ1n) is 7.56. The molecule has 2 atom stereocenters. The fraction of sp³-hybridized carbons (Fsp3) is 0.471. The van der Waals surface area contributed by atoms with Crippen molar-refractivity contribution in [3.05, 3.63) is 36.0 Å². The minimum atomic E-state index is 0.405. The van der Waals surface area contributed by atoms with Crippen LogP contribution in [0.3, 0.4) is 0 Å². The van der Waals surface area contributed by atoms with Gasteiger partial charge >= 0.3 is 0 Å². The average Bonchev–Trinajstić information content (AvgIpc) is 3.19. The lowest BCUT2D eigenvalue weighted by molar-refractivity contribution is 0.0899. The molecule has 1 aromatic heterocycles. The van der Waals surface area contributed by atoms with Crippen LogP contribution in [0.2, 0.25) is 0 Å². The van der Waals surface area contributed by atoms with Crippen LogP contribution >= 0.6 is 0 Å². The maximum atomic E-state index is 5.93. The first kappa shape index (κ1) is 12.2. The second-order valence-corrected chi connectivity index (χ2v) is 6.04. The van der Waals surface area contributed by atoms with Gasteiger partial charge in [-0.05, 0) is 44.2 Å². The van der Waals surface area contributed by atoms with Crippen molar-refractivity contribution in [2.75, 3.05) is 11.9 Å². The van der Waals surface area contributed by atoms with Crippen molar-refractivity contribution >= 4 is 16.6 Å². The van der Waals surface area contributed by atoms with Crippen LogP contribution in [0.1, 0.15) is 25.0 Å². The SMILES string of the molecule is Cc1cc(NC2CCOC2C2CC2)c2ccccc2n1. The number of hydrogen-bond donors (Lipinski definition) is 1. The van der Waals surface area contributed by atoms with Gasteiger partial charge in [-0.15, -0.1) is 0 Å². The standard InChI is InChI=1S/C17H20N2O/c1-11-10-16(13-4-2-3-5-14(13)18-11)19-15-8-9-20-17(15)12-6-7-12/h2-5,10,12,15,17H,6-9H2,1H3,(H,18,19). The maximum absolute atomic E-state index is 5.93. The van der Waals surface area contributed by atoms with E-state index in [0.717, 1.165) is 30.2 Å². The molecule has 2 aliphatic rings. The molecular formula is C17H20N2O. The summed E-state index contributed by atoms with van der Waals surface area (Å²) in [5.74, 6) is 0.782. The molecule has 1 aliphatic carbocycles. The quantitative estimate of drug-likeness (QED) is 0.924. The van der Waals surface area contributed by atoms with Crippen LogP contribution in [-0.4, -0.2) is 23.7 Å². The Morgan fingerprint density at radius 1 is 1.20 bits per heavy atom. The van der Waals surface area contributed by atoms with Crippen molar-refractivity contribution in [1.29, 1.82) is 0 Å². The van der Waals surface area contributed by atoms with Crippen molar-refractivity contribution < 1.29 is 4.74 Å². The molecule has 2 heterocycles. The number of nitrogens with zero attached hydrogens (tertiary/aromatic N) is 1. The number of pyridine rings is 1. The zero-order chi connectivity index (χ0) is 13.5. The highest BCUT2D eigenvalue weighted by Crippen LogP contribution is 2.40.